The van der Waals surface area contributed by atoms with Gasteiger partial charge in [0.15, 0.2) is 0 Å². The Hall–Kier alpha value is -0.840. The van der Waals surface area contributed by atoms with Crippen molar-refractivity contribution in [2.24, 2.45) is 0 Å². The van der Waals surface area contributed by atoms with Crippen LogP contribution in [0.5, 0.6) is 0 Å². The Labute approximate surface area is 59.5 Å². The molecule has 0 aliphatic carbocycles. The molecule has 0 aromatic carbocycles. The van der Waals surface area contributed by atoms with Gasteiger partial charge in [-0.05, 0) is 15.9 Å². The van der Waals surface area contributed by atoms with Gasteiger partial charge in [-0.1, -0.05) is 0 Å². The quantitative estimate of drug-likeness (QED) is 0.600. The van der Waals surface area contributed by atoms with Crippen LogP contribution in [0, 0.1) is 0 Å². The first kappa shape index (κ1) is 4.99. The first-order valence-electron chi connectivity index (χ1n) is 2.60. The van der Waals surface area contributed by atoms with E-state index in [1.807, 2.05) is 4.98 Å². The number of nitrogens with one attached hydrogen (secondary N) is 2. The van der Waals surface area contributed by atoms with Crippen molar-refractivity contribution in [3.05, 3.63) is 31.5 Å². The molecule has 1 aromatic rings. The zero-order valence-electron chi connectivity index (χ0n) is 5.19. The molecule has 4 nitrogen and oxygen atoms in total. The van der Waals surface area contributed by atoms with Gasteiger partial charge in [-0.2, -0.15) is 0 Å². The van der Waals surface area contributed by atoms with Crippen molar-refractivity contribution in [3.63, 3.8) is 0 Å². The smallest absolute Gasteiger partial charge is 0.313 e. The highest BCUT2D eigenvalue weighted by atomic mass is 79.9. The molecule has 0 amide bonds. The maximum Gasteiger partial charge on any atom is 0.325 e. The first-order valence-corrected chi connectivity index (χ1v) is 2.89. The Morgan fingerprint density at radius 1 is 1.67 bits per heavy atom. The summed E-state index contributed by atoms with van der Waals surface area (Å²) >= 11 is 2.81. The molecule has 0 radical (unpaired) electrons. The largest absolute Gasteiger partial charge is 0.325 e. The van der Waals surface area contributed by atoms with Crippen LogP contribution in [0.2, 0.25) is 0 Å². The van der Waals surface area contributed by atoms with Crippen LogP contribution in [-0.4, -0.2) is 9.97 Å². The van der Waals surface area contributed by atoms with Crippen LogP contribution in [0.25, 0.3) is 0 Å². The molecule has 0 atom stereocenters. The molecular formula is C4H3BrN2O2. The molecule has 5 heteroatoms. The van der Waals surface area contributed by atoms with Gasteiger partial charge in [0.2, 0.25) is 0 Å². The van der Waals surface area contributed by atoms with Crippen LogP contribution in [0.1, 0.15) is 1.37 Å². The summed E-state index contributed by atoms with van der Waals surface area (Å²) in [5.74, 6) is 0. The molecule has 0 fully saturated rings. The maximum atomic E-state index is 10.6. The number of hydrogen-bond acceptors (Lipinski definition) is 2. The van der Waals surface area contributed by atoms with Crippen LogP contribution in [0.3, 0.4) is 0 Å². The van der Waals surface area contributed by atoms with Crippen molar-refractivity contribution < 1.29 is 1.37 Å². The van der Waals surface area contributed by atoms with E-state index in [4.69, 9.17) is 1.37 Å². The normalized spacial score (nSPS) is 11.0. The van der Waals surface area contributed by atoms with E-state index in [2.05, 4.69) is 20.9 Å². The Balaban J connectivity index is 3.62. The van der Waals surface area contributed by atoms with E-state index in [1.165, 1.54) is 0 Å². The van der Waals surface area contributed by atoms with E-state index in [9.17, 15) is 9.59 Å². The molecular weight excluding hydrogens is 188 g/mol. The summed E-state index contributed by atoms with van der Waals surface area (Å²) in [7, 11) is 0. The molecule has 0 unspecified atom stereocenters. The van der Waals surface area contributed by atoms with Gasteiger partial charge in [-0.15, -0.1) is 0 Å². The fraction of sp³-hybridized carbons (Fsp3) is 0. The molecule has 1 aromatic heterocycles. The Morgan fingerprint density at radius 3 is 2.89 bits per heavy atom. The van der Waals surface area contributed by atoms with Gasteiger partial charge in [0.25, 0.3) is 5.56 Å². The van der Waals surface area contributed by atoms with Crippen LogP contribution in [-0.2, 0) is 0 Å². The molecule has 1 heterocycles. The molecule has 0 aliphatic heterocycles. The molecule has 0 bridgehead atoms. The van der Waals surface area contributed by atoms with E-state index in [-0.39, 0.29) is 10.6 Å². The lowest BCUT2D eigenvalue weighted by molar-refractivity contribution is 1.02. The lowest BCUT2D eigenvalue weighted by Gasteiger charge is -1.82. The summed E-state index contributed by atoms with van der Waals surface area (Å²) in [6, 6.07) is 0. The van der Waals surface area contributed by atoms with Gasteiger partial charge in [0.05, 0.1) is 5.84 Å². The van der Waals surface area contributed by atoms with Crippen molar-refractivity contribution in [3.8, 4) is 0 Å². The molecule has 0 spiro atoms. The minimum Gasteiger partial charge on any atom is -0.313 e. The van der Waals surface area contributed by atoms with Gasteiger partial charge < -0.3 is 4.98 Å². The van der Waals surface area contributed by atoms with Crippen LogP contribution in [0.4, 0.5) is 0 Å². The van der Waals surface area contributed by atoms with Gasteiger partial charge in [0, 0.05) is 6.17 Å². The van der Waals surface area contributed by atoms with E-state index < -0.39 is 11.2 Å². The second-order valence-corrected chi connectivity index (χ2v) is 2.14. The molecule has 48 valence electrons. The van der Waals surface area contributed by atoms with E-state index in [0.717, 1.165) is 0 Å². The van der Waals surface area contributed by atoms with E-state index in [1.54, 1.807) is 0 Å². The Morgan fingerprint density at radius 2 is 2.33 bits per heavy atom. The summed E-state index contributed by atoms with van der Waals surface area (Å²) in [6.07, 6.45) is -0.214. The molecule has 1 rings (SSSR count). The second-order valence-electron chi connectivity index (χ2n) is 1.35. The zero-order valence-corrected chi connectivity index (χ0v) is 5.78. The van der Waals surface area contributed by atoms with Gasteiger partial charge >= 0.3 is 5.69 Å². The number of halogens is 1. The molecule has 0 saturated carbocycles. The van der Waals surface area contributed by atoms with Crippen LogP contribution in [0.15, 0.2) is 20.2 Å². The first-order chi connectivity index (χ1) is 4.61. The van der Waals surface area contributed by atoms with Crippen molar-refractivity contribution >= 4 is 15.9 Å². The van der Waals surface area contributed by atoms with Crippen LogP contribution < -0.4 is 11.2 Å². The predicted molar refractivity (Wildman–Crippen MR) is 35.4 cm³/mol. The Bertz CT molecular complexity index is 355. The third-order valence-corrected chi connectivity index (χ3v) is 1.27. The minimum absolute atomic E-state index is 0.0344. The fourth-order valence-electron chi connectivity index (χ4n) is 0.358. The number of aromatic nitrogens is 2. The molecule has 0 aliphatic rings. The highest BCUT2D eigenvalue weighted by molar-refractivity contribution is 9.10. The highest BCUT2D eigenvalue weighted by Gasteiger charge is 1.90. The molecule has 9 heavy (non-hydrogen) atoms. The zero-order chi connectivity index (χ0) is 7.72. The highest BCUT2D eigenvalue weighted by Crippen LogP contribution is 1.93. The van der Waals surface area contributed by atoms with Crippen molar-refractivity contribution in [1.82, 2.24) is 9.97 Å². The second kappa shape index (κ2) is 2.18. The predicted octanol–water partition coefficient (Wildman–Crippen LogP) is -0.174. The van der Waals surface area contributed by atoms with Gasteiger partial charge in [-0.25, -0.2) is 4.79 Å². The van der Waals surface area contributed by atoms with Crippen molar-refractivity contribution in [2.45, 2.75) is 0 Å². The third kappa shape index (κ3) is 1.29. The van der Waals surface area contributed by atoms with Gasteiger partial charge in [-0.3, -0.25) is 9.78 Å². The Kier molecular flexibility index (Phi) is 1.21. The maximum absolute atomic E-state index is 10.6. The number of hydrogen-bond donors (Lipinski definition) is 2. The van der Waals surface area contributed by atoms with Gasteiger partial charge in [0.1, 0.15) is 0 Å². The number of rotatable bonds is 0. The standard InChI is InChI=1S/C4H3BrN2O2/c5-2-1-6-4(9)7-3(2)8/h1H,(H2,6,7,8,9)/i1T. The van der Waals surface area contributed by atoms with Crippen molar-refractivity contribution in [2.75, 3.05) is 0 Å². The summed E-state index contributed by atoms with van der Waals surface area (Å²) in [5.41, 5.74) is -1.26. The lowest BCUT2D eigenvalue weighted by Crippen LogP contribution is -2.21. The van der Waals surface area contributed by atoms with E-state index >= 15 is 0 Å². The van der Waals surface area contributed by atoms with Crippen LogP contribution >= 0.6 is 15.9 Å². The molecule has 0 saturated heterocycles. The third-order valence-electron chi connectivity index (χ3n) is 0.712. The topological polar surface area (TPSA) is 65.7 Å². The fourth-order valence-corrected chi connectivity index (χ4v) is 0.556. The summed E-state index contributed by atoms with van der Waals surface area (Å²) in [5, 5.41) is 0. The average molecular weight is 193 g/mol. The monoisotopic (exact) mass is 192 g/mol. The number of H-pyrrole nitrogens is 2. The number of aromatic amines is 2. The summed E-state index contributed by atoms with van der Waals surface area (Å²) < 4.78 is 7.01. The SMILES string of the molecule is [3H]c1[nH]c(=O)[nH]c(=O)c1Br. The minimum atomic E-state index is -0.668. The molecule has 2 N–H and O–H groups in total. The lowest BCUT2D eigenvalue weighted by atomic mass is 10.7. The average Bonchev–Trinajstić information content (AvgIpc) is 1.82. The summed E-state index contributed by atoms with van der Waals surface area (Å²) in [4.78, 5) is 25.1. The van der Waals surface area contributed by atoms with Crippen molar-refractivity contribution in [1.29, 1.82) is 0 Å². The van der Waals surface area contributed by atoms with E-state index in [0.29, 0.717) is 0 Å². The summed E-state index contributed by atoms with van der Waals surface area (Å²) in [6.45, 7) is 0.